The Kier molecular flexibility index (Phi) is 4.91. The number of nitrogens with zero attached hydrogens (tertiary/aromatic N) is 6. The van der Waals surface area contributed by atoms with Crippen molar-refractivity contribution in [2.24, 2.45) is 0 Å². The van der Waals surface area contributed by atoms with E-state index in [1.807, 2.05) is 19.1 Å². The fraction of sp³-hybridized carbons (Fsp3) is 0.316. The van der Waals surface area contributed by atoms with Crippen LogP contribution < -0.4 is 10.2 Å². The molecule has 1 aliphatic heterocycles. The van der Waals surface area contributed by atoms with Gasteiger partial charge in [-0.05, 0) is 32.2 Å². The topological polar surface area (TPSA) is 62.1 Å². The Balaban J connectivity index is 1.54. The molecular formula is C19H21F2N7. The summed E-state index contributed by atoms with van der Waals surface area (Å²) in [6.07, 6.45) is 1.41. The Labute approximate surface area is 161 Å². The van der Waals surface area contributed by atoms with Crippen molar-refractivity contribution < 1.29 is 8.78 Å². The number of nitrogens with one attached hydrogen (secondary N) is 1. The zero-order valence-electron chi connectivity index (χ0n) is 15.7. The first-order chi connectivity index (χ1) is 13.5. The smallest absolute Gasteiger partial charge is 0.246 e. The molecule has 2 aromatic heterocycles. The molecule has 0 unspecified atom stereocenters. The normalized spacial score (nSPS) is 15.1. The third kappa shape index (κ3) is 4.09. The summed E-state index contributed by atoms with van der Waals surface area (Å²) in [7, 11) is 2.11. The lowest BCUT2D eigenvalue weighted by molar-refractivity contribution is 0.312. The van der Waals surface area contributed by atoms with Crippen LogP contribution in [0.5, 0.6) is 0 Å². The second kappa shape index (κ2) is 7.51. The van der Waals surface area contributed by atoms with Gasteiger partial charge < -0.3 is 15.1 Å². The predicted molar refractivity (Wildman–Crippen MR) is 103 cm³/mol. The average Bonchev–Trinajstić information content (AvgIpc) is 3.09. The molecule has 0 amide bonds. The predicted octanol–water partition coefficient (Wildman–Crippen LogP) is 2.74. The van der Waals surface area contributed by atoms with Crippen LogP contribution in [-0.2, 0) is 0 Å². The fourth-order valence-electron chi connectivity index (χ4n) is 3.17. The molecule has 28 heavy (non-hydrogen) atoms. The largest absolute Gasteiger partial charge is 0.354 e. The van der Waals surface area contributed by atoms with Gasteiger partial charge in [-0.25, -0.2) is 18.4 Å². The minimum Gasteiger partial charge on any atom is -0.354 e. The highest BCUT2D eigenvalue weighted by molar-refractivity contribution is 5.60. The first-order valence-electron chi connectivity index (χ1n) is 9.03. The maximum Gasteiger partial charge on any atom is 0.246 e. The van der Waals surface area contributed by atoms with E-state index in [4.69, 9.17) is 0 Å². The van der Waals surface area contributed by atoms with Gasteiger partial charge in [-0.2, -0.15) is 4.98 Å². The second-order valence-corrected chi connectivity index (χ2v) is 6.91. The molecular weight excluding hydrogens is 364 g/mol. The molecule has 1 N–H and O–H groups in total. The summed E-state index contributed by atoms with van der Waals surface area (Å²) >= 11 is 0. The summed E-state index contributed by atoms with van der Waals surface area (Å²) in [4.78, 5) is 13.4. The lowest BCUT2D eigenvalue weighted by Gasteiger charge is -2.33. The average molecular weight is 385 g/mol. The van der Waals surface area contributed by atoms with Gasteiger partial charge >= 0.3 is 0 Å². The molecule has 3 aromatic rings. The molecule has 1 aromatic carbocycles. The number of piperazine rings is 1. The Hall–Kier alpha value is -3.07. The van der Waals surface area contributed by atoms with Gasteiger partial charge in [0.25, 0.3) is 0 Å². The highest BCUT2D eigenvalue weighted by Gasteiger charge is 2.16. The monoisotopic (exact) mass is 385 g/mol. The van der Waals surface area contributed by atoms with Crippen LogP contribution in [0.2, 0.25) is 0 Å². The number of aromatic nitrogens is 4. The Bertz CT molecular complexity index is 960. The van der Waals surface area contributed by atoms with Crippen molar-refractivity contribution in [3.05, 3.63) is 54.0 Å². The van der Waals surface area contributed by atoms with E-state index >= 15 is 0 Å². The first-order valence-corrected chi connectivity index (χ1v) is 9.03. The van der Waals surface area contributed by atoms with E-state index in [1.54, 1.807) is 0 Å². The van der Waals surface area contributed by atoms with Crippen LogP contribution in [0, 0.1) is 18.6 Å². The van der Waals surface area contributed by atoms with Crippen LogP contribution in [0.25, 0.3) is 5.69 Å². The molecule has 1 saturated heterocycles. The van der Waals surface area contributed by atoms with Gasteiger partial charge in [0, 0.05) is 49.7 Å². The molecule has 0 saturated carbocycles. The quantitative estimate of drug-likeness (QED) is 0.745. The Morgan fingerprint density at radius 3 is 2.39 bits per heavy atom. The Morgan fingerprint density at radius 1 is 0.964 bits per heavy atom. The van der Waals surface area contributed by atoms with E-state index in [1.165, 1.54) is 23.1 Å². The van der Waals surface area contributed by atoms with Crippen molar-refractivity contribution in [1.29, 1.82) is 0 Å². The van der Waals surface area contributed by atoms with Crippen LogP contribution in [0.4, 0.5) is 26.2 Å². The number of benzene rings is 1. The van der Waals surface area contributed by atoms with Gasteiger partial charge in [0.2, 0.25) is 5.95 Å². The zero-order valence-corrected chi connectivity index (χ0v) is 15.7. The first kappa shape index (κ1) is 18.3. The van der Waals surface area contributed by atoms with E-state index in [2.05, 4.69) is 37.2 Å². The van der Waals surface area contributed by atoms with Gasteiger partial charge in [0.05, 0.1) is 5.69 Å². The zero-order chi connectivity index (χ0) is 19.7. The van der Waals surface area contributed by atoms with Crippen LogP contribution in [0.1, 0.15) is 5.69 Å². The van der Waals surface area contributed by atoms with E-state index in [9.17, 15) is 8.78 Å². The molecule has 9 heteroatoms. The molecule has 4 rings (SSSR count). The number of rotatable bonds is 4. The molecule has 1 fully saturated rings. The molecule has 0 atom stereocenters. The summed E-state index contributed by atoms with van der Waals surface area (Å²) in [6.45, 7) is 5.77. The third-order valence-electron chi connectivity index (χ3n) is 4.63. The van der Waals surface area contributed by atoms with Gasteiger partial charge in [-0.15, -0.1) is 5.10 Å². The van der Waals surface area contributed by atoms with E-state index in [0.717, 1.165) is 49.4 Å². The molecule has 0 spiro atoms. The van der Waals surface area contributed by atoms with Crippen molar-refractivity contribution in [1.82, 2.24) is 24.6 Å². The van der Waals surface area contributed by atoms with Gasteiger partial charge in [0.15, 0.2) is 0 Å². The van der Waals surface area contributed by atoms with Crippen molar-refractivity contribution in [3.63, 3.8) is 0 Å². The number of hydrogen-bond acceptors (Lipinski definition) is 6. The standard InChI is InChI=1S/C19H21F2N7/c1-13-7-16(11-18(23-13)27-5-3-26(2)4-6-27)24-19-22-12-28(25-19)17-9-14(20)8-15(21)10-17/h7-12H,3-6H2,1-2H3,(H,23,24,25). The highest BCUT2D eigenvalue weighted by atomic mass is 19.1. The van der Waals surface area contributed by atoms with Gasteiger partial charge in [0.1, 0.15) is 23.8 Å². The minimum absolute atomic E-state index is 0.266. The lowest BCUT2D eigenvalue weighted by Crippen LogP contribution is -2.44. The summed E-state index contributed by atoms with van der Waals surface area (Å²) in [5.74, 6) is -0.0926. The van der Waals surface area contributed by atoms with E-state index in [-0.39, 0.29) is 5.69 Å². The molecule has 0 bridgehead atoms. The lowest BCUT2D eigenvalue weighted by atomic mass is 10.2. The molecule has 0 radical (unpaired) electrons. The van der Waals surface area contributed by atoms with Crippen molar-refractivity contribution in [2.45, 2.75) is 6.92 Å². The number of anilines is 3. The minimum atomic E-state index is -0.665. The number of pyridine rings is 1. The summed E-state index contributed by atoms with van der Waals surface area (Å²) in [6, 6.07) is 7.08. The third-order valence-corrected chi connectivity index (χ3v) is 4.63. The molecule has 1 aliphatic rings. The number of halogens is 2. The molecule has 7 nitrogen and oxygen atoms in total. The maximum absolute atomic E-state index is 13.4. The number of hydrogen-bond donors (Lipinski definition) is 1. The van der Waals surface area contributed by atoms with Crippen LogP contribution >= 0.6 is 0 Å². The Morgan fingerprint density at radius 2 is 1.68 bits per heavy atom. The number of likely N-dealkylation sites (N-methyl/N-ethyl adjacent to an activating group) is 1. The van der Waals surface area contributed by atoms with Crippen molar-refractivity contribution in [2.75, 3.05) is 43.4 Å². The van der Waals surface area contributed by atoms with Crippen molar-refractivity contribution in [3.8, 4) is 5.69 Å². The van der Waals surface area contributed by atoms with Gasteiger partial charge in [-0.3, -0.25) is 0 Å². The number of aryl methyl sites for hydroxylation is 1. The van der Waals surface area contributed by atoms with Crippen LogP contribution in [0.15, 0.2) is 36.7 Å². The van der Waals surface area contributed by atoms with Crippen LogP contribution in [-0.4, -0.2) is 57.9 Å². The van der Waals surface area contributed by atoms with Crippen molar-refractivity contribution >= 4 is 17.5 Å². The summed E-state index contributed by atoms with van der Waals surface area (Å²) in [5, 5.41) is 7.40. The fourth-order valence-corrected chi connectivity index (χ4v) is 3.17. The maximum atomic E-state index is 13.4. The molecule has 3 heterocycles. The van der Waals surface area contributed by atoms with Gasteiger partial charge in [-0.1, -0.05) is 0 Å². The molecule has 146 valence electrons. The molecule has 0 aliphatic carbocycles. The van der Waals surface area contributed by atoms with Crippen LogP contribution in [0.3, 0.4) is 0 Å². The SMILES string of the molecule is Cc1cc(Nc2ncn(-c3cc(F)cc(F)c3)n2)cc(N2CCN(C)CC2)n1. The van der Waals surface area contributed by atoms with E-state index in [0.29, 0.717) is 5.95 Å². The summed E-state index contributed by atoms with van der Waals surface area (Å²) in [5.41, 5.74) is 1.96. The summed E-state index contributed by atoms with van der Waals surface area (Å²) < 4.78 is 28.2. The highest BCUT2D eigenvalue weighted by Crippen LogP contribution is 2.22. The second-order valence-electron chi connectivity index (χ2n) is 6.91. The van der Waals surface area contributed by atoms with E-state index < -0.39 is 11.6 Å².